The van der Waals surface area contributed by atoms with Crippen LogP contribution >= 0.6 is 11.9 Å². The van der Waals surface area contributed by atoms with E-state index in [0.29, 0.717) is 5.92 Å². The molecule has 0 bridgehead atoms. The minimum absolute atomic E-state index is 0.195. The van der Waals surface area contributed by atoms with Gasteiger partial charge in [0, 0.05) is 5.75 Å². The Morgan fingerprint density at radius 3 is 2.58 bits per heavy atom. The monoisotopic (exact) mass is 184 g/mol. The molecule has 0 aromatic carbocycles. The van der Waals surface area contributed by atoms with Gasteiger partial charge in [-0.2, -0.15) is 5.26 Å². The molecule has 0 radical (unpaired) electrons. The Bertz CT molecular complexity index is 158. The maximum atomic E-state index is 8.89. The van der Waals surface area contributed by atoms with Crippen molar-refractivity contribution in [2.75, 3.05) is 5.75 Å². The predicted octanol–water partition coefficient (Wildman–Crippen LogP) is 2.31. The Labute approximate surface area is 78.6 Å². The smallest absolute Gasteiger partial charge is 0.0667 e. The molecular formula is C9H16N2S. The Hall–Kier alpha value is -0.200. The summed E-state index contributed by atoms with van der Waals surface area (Å²) in [5.74, 6) is 1.63. The third-order valence-corrected chi connectivity index (χ3v) is 3.21. The molecule has 2 nitrogen and oxygen atoms in total. The number of hydrogen-bond donors (Lipinski definition) is 1. The Balaban J connectivity index is 2.36. The second kappa shape index (κ2) is 5.45. The average molecular weight is 184 g/mol. The van der Waals surface area contributed by atoms with Crippen LogP contribution in [0.15, 0.2) is 0 Å². The highest BCUT2D eigenvalue weighted by atomic mass is 32.2. The highest BCUT2D eigenvalue weighted by molar-refractivity contribution is 7.97. The SMILES string of the molecule is N#CC(CSN)C1CCCCC1. The molecule has 0 aromatic heterocycles. The first-order valence-electron chi connectivity index (χ1n) is 4.59. The van der Waals surface area contributed by atoms with E-state index < -0.39 is 0 Å². The van der Waals surface area contributed by atoms with Crippen LogP contribution in [0.3, 0.4) is 0 Å². The fraction of sp³-hybridized carbons (Fsp3) is 0.889. The zero-order chi connectivity index (χ0) is 8.81. The van der Waals surface area contributed by atoms with Crippen molar-refractivity contribution in [3.63, 3.8) is 0 Å². The van der Waals surface area contributed by atoms with Crippen LogP contribution in [0.2, 0.25) is 0 Å². The fourth-order valence-corrected chi connectivity index (χ4v) is 2.47. The van der Waals surface area contributed by atoms with Gasteiger partial charge in [-0.05, 0) is 18.8 Å². The number of nitriles is 1. The summed E-state index contributed by atoms with van der Waals surface area (Å²) in [6, 6.07) is 2.37. The van der Waals surface area contributed by atoms with Crippen molar-refractivity contribution in [1.82, 2.24) is 0 Å². The third kappa shape index (κ3) is 2.69. The van der Waals surface area contributed by atoms with E-state index in [4.69, 9.17) is 10.4 Å². The van der Waals surface area contributed by atoms with Gasteiger partial charge in [-0.25, -0.2) is 0 Å². The number of rotatable bonds is 3. The number of hydrogen-bond acceptors (Lipinski definition) is 3. The molecular weight excluding hydrogens is 168 g/mol. The van der Waals surface area contributed by atoms with Gasteiger partial charge in [-0.15, -0.1) is 0 Å². The summed E-state index contributed by atoms with van der Waals surface area (Å²) in [4.78, 5) is 0. The first kappa shape index (κ1) is 9.88. The van der Waals surface area contributed by atoms with Gasteiger partial charge < -0.3 is 0 Å². The van der Waals surface area contributed by atoms with E-state index in [1.54, 1.807) is 0 Å². The molecule has 0 saturated heterocycles. The number of nitrogens with zero attached hydrogens (tertiary/aromatic N) is 1. The molecule has 2 N–H and O–H groups in total. The molecule has 1 aliphatic carbocycles. The zero-order valence-corrected chi connectivity index (χ0v) is 8.15. The van der Waals surface area contributed by atoms with Crippen LogP contribution in [-0.2, 0) is 0 Å². The standard InChI is InChI=1S/C9H16N2S/c10-6-9(7-12-11)8-4-2-1-3-5-8/h8-9H,1-5,7,11H2. The Morgan fingerprint density at radius 1 is 1.42 bits per heavy atom. The van der Waals surface area contributed by atoms with Crippen LogP contribution in [0.25, 0.3) is 0 Å². The molecule has 1 unspecified atom stereocenters. The van der Waals surface area contributed by atoms with E-state index in [1.165, 1.54) is 44.1 Å². The maximum absolute atomic E-state index is 8.89. The molecule has 0 spiro atoms. The lowest BCUT2D eigenvalue weighted by Crippen LogP contribution is -2.19. The van der Waals surface area contributed by atoms with Crippen molar-refractivity contribution in [2.24, 2.45) is 17.0 Å². The molecule has 0 amide bonds. The summed E-state index contributed by atoms with van der Waals surface area (Å²) in [5.41, 5.74) is 0. The number of nitrogens with two attached hydrogens (primary N) is 1. The molecule has 68 valence electrons. The topological polar surface area (TPSA) is 49.8 Å². The van der Waals surface area contributed by atoms with E-state index in [9.17, 15) is 0 Å². The van der Waals surface area contributed by atoms with Gasteiger partial charge in [0.1, 0.15) is 0 Å². The van der Waals surface area contributed by atoms with Crippen molar-refractivity contribution >= 4 is 11.9 Å². The summed E-state index contributed by atoms with van der Waals surface area (Å²) < 4.78 is 0. The first-order chi connectivity index (χ1) is 5.88. The lowest BCUT2D eigenvalue weighted by atomic mass is 9.81. The summed E-state index contributed by atoms with van der Waals surface area (Å²) in [6.07, 6.45) is 6.43. The van der Waals surface area contributed by atoms with E-state index in [-0.39, 0.29) is 5.92 Å². The molecule has 0 aromatic rings. The second-order valence-corrected chi connectivity index (χ2v) is 4.13. The lowest BCUT2D eigenvalue weighted by Gasteiger charge is -2.24. The second-order valence-electron chi connectivity index (χ2n) is 3.47. The predicted molar refractivity (Wildman–Crippen MR) is 52.3 cm³/mol. The molecule has 1 atom stereocenters. The van der Waals surface area contributed by atoms with Crippen LogP contribution in [0, 0.1) is 23.2 Å². The lowest BCUT2D eigenvalue weighted by molar-refractivity contribution is 0.307. The van der Waals surface area contributed by atoms with Gasteiger partial charge >= 0.3 is 0 Å². The van der Waals surface area contributed by atoms with Crippen LogP contribution in [0.1, 0.15) is 32.1 Å². The Kier molecular flexibility index (Phi) is 4.49. The van der Waals surface area contributed by atoms with E-state index in [1.807, 2.05) is 0 Å². The van der Waals surface area contributed by atoms with Gasteiger partial charge in [-0.1, -0.05) is 31.2 Å². The summed E-state index contributed by atoms with van der Waals surface area (Å²) in [7, 11) is 0. The molecule has 0 heterocycles. The van der Waals surface area contributed by atoms with Crippen molar-refractivity contribution in [3.8, 4) is 6.07 Å². The highest BCUT2D eigenvalue weighted by Crippen LogP contribution is 2.30. The summed E-state index contributed by atoms with van der Waals surface area (Å²) in [5, 5.41) is 14.3. The summed E-state index contributed by atoms with van der Waals surface area (Å²) in [6.45, 7) is 0. The molecule has 0 aliphatic heterocycles. The van der Waals surface area contributed by atoms with Crippen molar-refractivity contribution in [3.05, 3.63) is 0 Å². The normalized spacial score (nSPS) is 21.7. The molecule has 3 heteroatoms. The average Bonchev–Trinajstić information content (AvgIpc) is 2.15. The van der Waals surface area contributed by atoms with E-state index in [2.05, 4.69) is 6.07 Å². The zero-order valence-electron chi connectivity index (χ0n) is 7.33. The van der Waals surface area contributed by atoms with Gasteiger partial charge in [0.15, 0.2) is 0 Å². The minimum Gasteiger partial charge on any atom is -0.278 e. The highest BCUT2D eigenvalue weighted by Gasteiger charge is 2.22. The van der Waals surface area contributed by atoms with Gasteiger partial charge in [0.25, 0.3) is 0 Å². The summed E-state index contributed by atoms with van der Waals surface area (Å²) >= 11 is 1.31. The van der Waals surface area contributed by atoms with E-state index in [0.717, 1.165) is 5.75 Å². The quantitative estimate of drug-likeness (QED) is 0.685. The van der Waals surface area contributed by atoms with Gasteiger partial charge in [0.05, 0.1) is 12.0 Å². The van der Waals surface area contributed by atoms with Crippen molar-refractivity contribution in [1.29, 1.82) is 5.26 Å². The molecule has 1 saturated carbocycles. The largest absolute Gasteiger partial charge is 0.278 e. The van der Waals surface area contributed by atoms with Crippen LogP contribution in [0.4, 0.5) is 0 Å². The molecule has 12 heavy (non-hydrogen) atoms. The fourth-order valence-electron chi connectivity index (χ4n) is 1.92. The van der Waals surface area contributed by atoms with E-state index >= 15 is 0 Å². The van der Waals surface area contributed by atoms with Crippen LogP contribution in [0.5, 0.6) is 0 Å². The molecule has 1 rings (SSSR count). The molecule has 1 fully saturated rings. The van der Waals surface area contributed by atoms with Crippen molar-refractivity contribution < 1.29 is 0 Å². The first-order valence-corrected chi connectivity index (χ1v) is 5.64. The third-order valence-electron chi connectivity index (χ3n) is 2.66. The molecule has 1 aliphatic rings. The minimum atomic E-state index is 0.195. The van der Waals surface area contributed by atoms with Crippen molar-refractivity contribution in [2.45, 2.75) is 32.1 Å². The maximum Gasteiger partial charge on any atom is 0.0667 e. The Morgan fingerprint density at radius 2 is 2.08 bits per heavy atom. The van der Waals surface area contributed by atoms with Crippen LogP contribution in [-0.4, -0.2) is 5.75 Å². The van der Waals surface area contributed by atoms with Gasteiger partial charge in [-0.3, -0.25) is 5.14 Å². The van der Waals surface area contributed by atoms with Crippen LogP contribution < -0.4 is 5.14 Å². The van der Waals surface area contributed by atoms with Gasteiger partial charge in [0.2, 0.25) is 0 Å².